The molecule has 0 fully saturated rings. The summed E-state index contributed by atoms with van der Waals surface area (Å²) in [5.74, 6) is 1.29. The Kier molecular flexibility index (Phi) is 4.28. The van der Waals surface area contributed by atoms with Crippen LogP contribution in [0.15, 0.2) is 53.3 Å². The van der Waals surface area contributed by atoms with Crippen LogP contribution < -0.4 is 10.1 Å². The molecule has 0 aliphatic heterocycles. The molecule has 0 unspecified atom stereocenters. The van der Waals surface area contributed by atoms with Crippen molar-refractivity contribution in [1.82, 2.24) is 20.4 Å². The van der Waals surface area contributed by atoms with E-state index in [1.54, 1.807) is 25.4 Å². The van der Waals surface area contributed by atoms with Crippen LogP contribution in [0.25, 0.3) is 11.5 Å². The standard InChI is InChI=1S/C16H14N4O3/c1-22-13-6-4-11(5-7-13)16-19-14(20-23-16)10-18-15(21)12-3-2-8-17-9-12/h2-9H,10H2,1H3,(H,18,21). The molecule has 1 amide bonds. The van der Waals surface area contributed by atoms with Gasteiger partial charge in [0.05, 0.1) is 19.2 Å². The Hall–Kier alpha value is -3.22. The molecule has 7 nitrogen and oxygen atoms in total. The van der Waals surface area contributed by atoms with Gasteiger partial charge in [0.2, 0.25) is 0 Å². The molecule has 1 aromatic carbocycles. The second-order valence-corrected chi connectivity index (χ2v) is 4.67. The molecule has 3 rings (SSSR count). The molecule has 0 radical (unpaired) electrons. The second kappa shape index (κ2) is 6.69. The molecule has 2 aromatic heterocycles. The van der Waals surface area contributed by atoms with Crippen molar-refractivity contribution in [2.75, 3.05) is 7.11 Å². The van der Waals surface area contributed by atoms with Crippen molar-refractivity contribution in [2.24, 2.45) is 0 Å². The third kappa shape index (κ3) is 3.52. The number of amides is 1. The first-order chi connectivity index (χ1) is 11.3. The zero-order valence-corrected chi connectivity index (χ0v) is 12.4. The van der Waals surface area contributed by atoms with E-state index in [2.05, 4.69) is 20.4 Å². The molecular formula is C16H14N4O3. The molecule has 0 bridgehead atoms. The molecule has 116 valence electrons. The molecule has 0 aliphatic rings. The summed E-state index contributed by atoms with van der Waals surface area (Å²) in [6.45, 7) is 0.174. The summed E-state index contributed by atoms with van der Waals surface area (Å²) in [6, 6.07) is 10.6. The van der Waals surface area contributed by atoms with Gasteiger partial charge >= 0.3 is 0 Å². The Morgan fingerprint density at radius 3 is 2.78 bits per heavy atom. The zero-order valence-electron chi connectivity index (χ0n) is 12.4. The molecule has 0 atom stereocenters. The molecule has 0 spiro atoms. The summed E-state index contributed by atoms with van der Waals surface area (Å²) in [4.78, 5) is 20.1. The minimum atomic E-state index is -0.242. The third-order valence-corrected chi connectivity index (χ3v) is 3.14. The molecule has 2 heterocycles. The van der Waals surface area contributed by atoms with Crippen LogP contribution in [0.4, 0.5) is 0 Å². The Morgan fingerprint density at radius 1 is 1.26 bits per heavy atom. The first-order valence-electron chi connectivity index (χ1n) is 6.91. The van der Waals surface area contributed by atoms with E-state index in [9.17, 15) is 4.79 Å². The largest absolute Gasteiger partial charge is 0.497 e. The quantitative estimate of drug-likeness (QED) is 0.776. The summed E-state index contributed by atoms with van der Waals surface area (Å²) < 4.78 is 10.3. The predicted octanol–water partition coefficient (Wildman–Crippen LogP) is 2.07. The number of hydrogen-bond donors (Lipinski definition) is 1. The lowest BCUT2D eigenvalue weighted by molar-refractivity contribution is 0.0949. The molecular weight excluding hydrogens is 296 g/mol. The number of ether oxygens (including phenoxy) is 1. The molecule has 23 heavy (non-hydrogen) atoms. The van der Waals surface area contributed by atoms with Crippen LogP contribution in [-0.4, -0.2) is 28.1 Å². The van der Waals surface area contributed by atoms with Crippen molar-refractivity contribution in [3.05, 3.63) is 60.2 Å². The number of rotatable bonds is 5. The van der Waals surface area contributed by atoms with Gasteiger partial charge in [0.25, 0.3) is 11.8 Å². The summed E-state index contributed by atoms with van der Waals surface area (Å²) >= 11 is 0. The average molecular weight is 310 g/mol. The summed E-state index contributed by atoms with van der Waals surface area (Å²) in [5.41, 5.74) is 1.26. The predicted molar refractivity (Wildman–Crippen MR) is 81.7 cm³/mol. The number of pyridine rings is 1. The highest BCUT2D eigenvalue weighted by Gasteiger charge is 2.11. The molecule has 3 aromatic rings. The van der Waals surface area contributed by atoms with Crippen LogP contribution in [-0.2, 0) is 6.54 Å². The lowest BCUT2D eigenvalue weighted by atomic mass is 10.2. The highest BCUT2D eigenvalue weighted by atomic mass is 16.5. The fourth-order valence-corrected chi connectivity index (χ4v) is 1.94. The van der Waals surface area contributed by atoms with E-state index in [4.69, 9.17) is 9.26 Å². The van der Waals surface area contributed by atoms with E-state index in [1.807, 2.05) is 24.3 Å². The van der Waals surface area contributed by atoms with Crippen LogP contribution in [0, 0.1) is 0 Å². The summed E-state index contributed by atoms with van der Waals surface area (Å²) in [5, 5.41) is 6.57. The fraction of sp³-hybridized carbons (Fsp3) is 0.125. The molecule has 1 N–H and O–H groups in total. The van der Waals surface area contributed by atoms with Gasteiger partial charge in [-0.1, -0.05) is 5.16 Å². The second-order valence-electron chi connectivity index (χ2n) is 4.67. The van der Waals surface area contributed by atoms with Crippen molar-refractivity contribution in [2.45, 2.75) is 6.54 Å². The average Bonchev–Trinajstić information content (AvgIpc) is 3.09. The van der Waals surface area contributed by atoms with Gasteiger partial charge in [0.1, 0.15) is 5.75 Å². The summed E-state index contributed by atoms with van der Waals surface area (Å²) in [6.07, 6.45) is 3.10. The van der Waals surface area contributed by atoms with Gasteiger partial charge in [-0.15, -0.1) is 0 Å². The first kappa shape index (κ1) is 14.7. The monoisotopic (exact) mass is 310 g/mol. The lowest BCUT2D eigenvalue weighted by Crippen LogP contribution is -2.23. The Morgan fingerprint density at radius 2 is 2.09 bits per heavy atom. The zero-order chi connectivity index (χ0) is 16.1. The smallest absolute Gasteiger partial charge is 0.257 e. The Balaban J connectivity index is 1.64. The molecule has 7 heteroatoms. The van der Waals surface area contributed by atoms with Crippen molar-refractivity contribution in [3.8, 4) is 17.2 Å². The van der Waals surface area contributed by atoms with Crippen LogP contribution in [0.2, 0.25) is 0 Å². The number of nitrogens with zero attached hydrogens (tertiary/aromatic N) is 3. The lowest BCUT2D eigenvalue weighted by Gasteiger charge is -2.01. The van der Waals surface area contributed by atoms with Gasteiger partial charge < -0.3 is 14.6 Å². The maximum Gasteiger partial charge on any atom is 0.257 e. The Bertz CT molecular complexity index is 785. The number of methoxy groups -OCH3 is 1. The molecule has 0 saturated heterocycles. The van der Waals surface area contributed by atoms with Crippen molar-refractivity contribution >= 4 is 5.91 Å². The van der Waals surface area contributed by atoms with E-state index in [-0.39, 0.29) is 12.5 Å². The SMILES string of the molecule is COc1ccc(-c2nc(CNC(=O)c3cccnc3)no2)cc1. The van der Waals surface area contributed by atoms with E-state index in [1.165, 1.54) is 6.20 Å². The maximum atomic E-state index is 11.9. The first-order valence-corrected chi connectivity index (χ1v) is 6.91. The maximum absolute atomic E-state index is 11.9. The third-order valence-electron chi connectivity index (χ3n) is 3.14. The topological polar surface area (TPSA) is 90.1 Å². The van der Waals surface area contributed by atoms with Gasteiger partial charge in [-0.3, -0.25) is 9.78 Å². The normalized spacial score (nSPS) is 10.3. The van der Waals surface area contributed by atoms with Gasteiger partial charge in [-0.05, 0) is 36.4 Å². The van der Waals surface area contributed by atoms with Crippen LogP contribution >= 0.6 is 0 Å². The van der Waals surface area contributed by atoms with Gasteiger partial charge in [-0.25, -0.2) is 0 Å². The van der Waals surface area contributed by atoms with Crippen LogP contribution in [0.3, 0.4) is 0 Å². The minimum Gasteiger partial charge on any atom is -0.497 e. The van der Waals surface area contributed by atoms with E-state index in [0.29, 0.717) is 17.3 Å². The number of aromatic nitrogens is 3. The van der Waals surface area contributed by atoms with Crippen molar-refractivity contribution < 1.29 is 14.1 Å². The highest BCUT2D eigenvalue weighted by Crippen LogP contribution is 2.20. The van der Waals surface area contributed by atoms with Gasteiger partial charge in [0.15, 0.2) is 5.82 Å². The minimum absolute atomic E-state index is 0.174. The molecule has 0 saturated carbocycles. The van der Waals surface area contributed by atoms with E-state index in [0.717, 1.165) is 11.3 Å². The fourth-order valence-electron chi connectivity index (χ4n) is 1.94. The van der Waals surface area contributed by atoms with Crippen molar-refractivity contribution in [3.63, 3.8) is 0 Å². The number of carbonyl (C=O) groups excluding carboxylic acids is 1. The van der Waals surface area contributed by atoms with Gasteiger partial charge in [0, 0.05) is 18.0 Å². The van der Waals surface area contributed by atoms with E-state index < -0.39 is 0 Å². The van der Waals surface area contributed by atoms with Crippen molar-refractivity contribution in [1.29, 1.82) is 0 Å². The number of hydrogen-bond acceptors (Lipinski definition) is 6. The number of benzene rings is 1. The van der Waals surface area contributed by atoms with Crippen LogP contribution in [0.1, 0.15) is 16.2 Å². The number of nitrogens with one attached hydrogen (secondary N) is 1. The van der Waals surface area contributed by atoms with E-state index >= 15 is 0 Å². The van der Waals surface area contributed by atoms with Gasteiger partial charge in [-0.2, -0.15) is 4.98 Å². The van der Waals surface area contributed by atoms with Crippen LogP contribution in [0.5, 0.6) is 5.75 Å². The Labute approximate surface area is 132 Å². The molecule has 0 aliphatic carbocycles. The highest BCUT2D eigenvalue weighted by molar-refractivity contribution is 5.93. The number of carbonyl (C=O) groups is 1. The summed E-state index contributed by atoms with van der Waals surface area (Å²) in [7, 11) is 1.60.